The van der Waals surface area contributed by atoms with Crippen molar-refractivity contribution in [2.75, 3.05) is 12.8 Å². The van der Waals surface area contributed by atoms with Crippen molar-refractivity contribution in [3.8, 4) is 0 Å². The molecule has 1 rings (SSSR count). The van der Waals surface area contributed by atoms with E-state index < -0.39 is 22.1 Å². The van der Waals surface area contributed by atoms with Crippen LogP contribution in [0.5, 0.6) is 0 Å². The molecule has 0 radical (unpaired) electrons. The zero-order valence-corrected chi connectivity index (χ0v) is 12.0. The van der Waals surface area contributed by atoms with Gasteiger partial charge in [0.2, 0.25) is 0 Å². The van der Waals surface area contributed by atoms with Gasteiger partial charge < -0.3 is 10.4 Å². The highest BCUT2D eigenvalue weighted by molar-refractivity contribution is 7.85. The van der Waals surface area contributed by atoms with Crippen molar-refractivity contribution < 1.29 is 27.4 Å². The number of rotatable bonds is 8. The summed E-state index contributed by atoms with van der Waals surface area (Å²) in [7, 11) is -2.39. The minimum atomic E-state index is -3.97. The van der Waals surface area contributed by atoms with E-state index in [0.717, 1.165) is 5.69 Å². The Kier molecular flexibility index (Phi) is 6.05. The van der Waals surface area contributed by atoms with Gasteiger partial charge >= 0.3 is 5.97 Å². The van der Waals surface area contributed by atoms with E-state index in [2.05, 4.69) is 5.32 Å². The summed E-state index contributed by atoms with van der Waals surface area (Å²) in [5.74, 6) is -1.26. The molecule has 0 aliphatic carbocycles. The fourth-order valence-corrected chi connectivity index (χ4v) is 2.35. The molecule has 8 heteroatoms. The van der Waals surface area contributed by atoms with Gasteiger partial charge in [-0.15, -0.1) is 0 Å². The Hall–Kier alpha value is -1.51. The summed E-state index contributed by atoms with van der Waals surface area (Å²) >= 11 is 0. The Morgan fingerprint density at radius 2 is 2.15 bits per heavy atom. The number of carbonyl (C=O) groups is 1. The van der Waals surface area contributed by atoms with Gasteiger partial charge in [-0.05, 0) is 7.05 Å². The first-order valence-electron chi connectivity index (χ1n) is 6.16. The number of aliphatic carboxylic acids is 1. The van der Waals surface area contributed by atoms with Crippen LogP contribution in [-0.4, -0.2) is 42.9 Å². The van der Waals surface area contributed by atoms with E-state index in [1.807, 2.05) is 0 Å². The molecule has 112 valence electrons. The van der Waals surface area contributed by atoms with Gasteiger partial charge in [-0.1, -0.05) is 6.07 Å². The second-order valence-electron chi connectivity index (χ2n) is 4.41. The number of hydrogen-bond donors (Lipinski definition) is 3. The fraction of sp³-hybridized carbons (Fsp3) is 0.500. The molecule has 0 aliphatic heterocycles. The van der Waals surface area contributed by atoms with Gasteiger partial charge in [-0.25, -0.2) is 4.57 Å². The highest BCUT2D eigenvalue weighted by Gasteiger charge is 2.21. The van der Waals surface area contributed by atoms with Gasteiger partial charge in [0, 0.05) is 18.6 Å². The van der Waals surface area contributed by atoms with Crippen LogP contribution in [0, 0.1) is 0 Å². The Bertz CT molecular complexity index is 559. The molecule has 0 saturated carbocycles. The summed E-state index contributed by atoms with van der Waals surface area (Å²) in [5, 5.41) is 11.7. The van der Waals surface area contributed by atoms with Crippen molar-refractivity contribution in [3.05, 3.63) is 30.1 Å². The van der Waals surface area contributed by atoms with E-state index in [0.29, 0.717) is 13.0 Å². The van der Waals surface area contributed by atoms with Gasteiger partial charge in [0.15, 0.2) is 11.9 Å². The number of pyridine rings is 1. The summed E-state index contributed by atoms with van der Waals surface area (Å²) in [6, 6.07) is 4.67. The molecule has 1 atom stereocenters. The van der Waals surface area contributed by atoms with Crippen LogP contribution in [0.15, 0.2) is 24.4 Å². The lowest BCUT2D eigenvalue weighted by Gasteiger charge is -2.10. The molecule has 0 unspecified atom stereocenters. The summed E-state index contributed by atoms with van der Waals surface area (Å²) in [6.07, 6.45) is 2.31. The van der Waals surface area contributed by atoms with Gasteiger partial charge in [0.25, 0.3) is 10.1 Å². The molecule has 0 saturated heterocycles. The lowest BCUT2D eigenvalue weighted by molar-refractivity contribution is -0.704. The minimum absolute atomic E-state index is 0.262. The molecule has 0 aromatic carbocycles. The van der Waals surface area contributed by atoms with Crippen LogP contribution < -0.4 is 9.88 Å². The summed E-state index contributed by atoms with van der Waals surface area (Å²) in [5.41, 5.74) is 0.782. The first-order chi connectivity index (χ1) is 9.33. The Morgan fingerprint density at radius 3 is 2.70 bits per heavy atom. The zero-order valence-electron chi connectivity index (χ0n) is 11.2. The largest absolute Gasteiger partial charge is 0.480 e. The third-order valence-electron chi connectivity index (χ3n) is 2.90. The van der Waals surface area contributed by atoms with Crippen LogP contribution in [0.2, 0.25) is 0 Å². The molecule has 0 amide bonds. The monoisotopic (exact) mass is 303 g/mol. The minimum Gasteiger partial charge on any atom is -0.480 e. The van der Waals surface area contributed by atoms with Gasteiger partial charge in [0.1, 0.15) is 12.6 Å². The maximum Gasteiger partial charge on any atom is 0.321 e. The molecule has 1 aromatic rings. The topological polar surface area (TPSA) is 108 Å². The average molecular weight is 303 g/mol. The number of carboxylic acids is 1. The summed E-state index contributed by atoms with van der Waals surface area (Å²) in [4.78, 5) is 11.0. The smallest absolute Gasteiger partial charge is 0.321 e. The van der Waals surface area contributed by atoms with Crippen LogP contribution in [0.25, 0.3) is 0 Å². The van der Waals surface area contributed by atoms with Crippen LogP contribution in [-0.2, 0) is 27.9 Å². The van der Waals surface area contributed by atoms with Crippen LogP contribution in [0.3, 0.4) is 0 Å². The molecule has 20 heavy (non-hydrogen) atoms. The maximum absolute atomic E-state index is 11.0. The molecule has 0 fully saturated rings. The van der Waals surface area contributed by atoms with Gasteiger partial charge in [0.05, 0.1) is 12.2 Å². The van der Waals surface area contributed by atoms with E-state index in [1.54, 1.807) is 36.0 Å². The number of hydrogen-bond acceptors (Lipinski definition) is 4. The van der Waals surface area contributed by atoms with E-state index in [1.165, 1.54) is 0 Å². The van der Waals surface area contributed by atoms with E-state index >= 15 is 0 Å². The number of aryl methyl sites for hydroxylation is 1. The highest BCUT2D eigenvalue weighted by Crippen LogP contribution is 2.00. The van der Waals surface area contributed by atoms with Crippen molar-refractivity contribution in [3.63, 3.8) is 0 Å². The summed E-state index contributed by atoms with van der Waals surface area (Å²) in [6.45, 7) is 0.395. The second kappa shape index (κ2) is 7.32. The molecule has 7 nitrogen and oxygen atoms in total. The molecule has 0 spiro atoms. The van der Waals surface area contributed by atoms with Crippen molar-refractivity contribution in [2.45, 2.75) is 25.4 Å². The first kappa shape index (κ1) is 16.5. The molecule has 0 aliphatic rings. The molecular formula is C12H19N2O5S+. The van der Waals surface area contributed by atoms with Crippen LogP contribution in [0.4, 0.5) is 0 Å². The molecule has 0 bridgehead atoms. The third kappa shape index (κ3) is 5.64. The van der Waals surface area contributed by atoms with Crippen molar-refractivity contribution >= 4 is 16.1 Å². The normalized spacial score (nSPS) is 13.1. The number of likely N-dealkylation sites (N-methyl/N-ethyl adjacent to an activating group) is 1. The number of carboxylic acid groups (broad SMARTS) is 1. The predicted molar refractivity (Wildman–Crippen MR) is 71.9 cm³/mol. The maximum atomic E-state index is 11.0. The number of aromatic nitrogens is 1. The standard InChI is InChI=1S/C12H18N2O5S/c1-13-11(12(15)16)9-10-5-2-3-6-14(10)7-4-8-20(17,18)19/h2-3,5-6,11,13H,4,7-9H2,1H3,(H-,15,16,17,18,19)/p+1/t11-/m1/s1. The van der Waals surface area contributed by atoms with E-state index in [4.69, 9.17) is 9.66 Å². The number of nitrogens with zero attached hydrogens (tertiary/aromatic N) is 1. The van der Waals surface area contributed by atoms with Gasteiger partial charge in [-0.3, -0.25) is 9.35 Å². The number of nitrogens with one attached hydrogen (secondary N) is 1. The second-order valence-corrected chi connectivity index (χ2v) is 5.98. The SMILES string of the molecule is CN[C@H](Cc1cccc[n+]1CCCS(=O)(=O)O)C(=O)O. The molecule has 1 heterocycles. The molecular weight excluding hydrogens is 284 g/mol. The zero-order chi connectivity index (χ0) is 15.2. The first-order valence-corrected chi connectivity index (χ1v) is 7.77. The average Bonchev–Trinajstić information content (AvgIpc) is 2.35. The molecule has 3 N–H and O–H groups in total. The Balaban J connectivity index is 2.75. The Morgan fingerprint density at radius 1 is 1.45 bits per heavy atom. The van der Waals surface area contributed by atoms with Crippen molar-refractivity contribution in [1.82, 2.24) is 5.32 Å². The van der Waals surface area contributed by atoms with Gasteiger partial charge in [-0.2, -0.15) is 8.42 Å². The Labute approximate surface area is 118 Å². The van der Waals surface area contributed by atoms with Crippen LogP contribution >= 0.6 is 0 Å². The quantitative estimate of drug-likeness (QED) is 0.440. The van der Waals surface area contributed by atoms with Crippen molar-refractivity contribution in [2.24, 2.45) is 0 Å². The highest BCUT2D eigenvalue weighted by atomic mass is 32.2. The predicted octanol–water partition coefficient (Wildman–Crippen LogP) is -0.533. The van der Waals surface area contributed by atoms with Crippen molar-refractivity contribution in [1.29, 1.82) is 0 Å². The summed E-state index contributed by atoms with van der Waals surface area (Å²) < 4.78 is 31.8. The lowest BCUT2D eigenvalue weighted by atomic mass is 10.1. The lowest BCUT2D eigenvalue weighted by Crippen LogP contribution is -2.44. The third-order valence-corrected chi connectivity index (χ3v) is 3.70. The molecule has 1 aromatic heterocycles. The van der Waals surface area contributed by atoms with Crippen LogP contribution in [0.1, 0.15) is 12.1 Å². The van der Waals surface area contributed by atoms with E-state index in [-0.39, 0.29) is 12.2 Å². The van der Waals surface area contributed by atoms with E-state index in [9.17, 15) is 13.2 Å². The fourth-order valence-electron chi connectivity index (χ4n) is 1.85.